The Morgan fingerprint density at radius 1 is 1.27 bits per heavy atom. The number of aliphatic hydroxyl groups is 1. The normalized spacial score (nSPS) is 20.9. The second-order valence-corrected chi connectivity index (χ2v) is 7.34. The molecule has 26 heavy (non-hydrogen) atoms. The maximum Gasteiger partial charge on any atom is 0.126 e. The van der Waals surface area contributed by atoms with Gasteiger partial charge in [0.2, 0.25) is 0 Å². The third-order valence-electron chi connectivity index (χ3n) is 5.79. The molecule has 6 heteroatoms. The Kier molecular flexibility index (Phi) is 3.76. The van der Waals surface area contributed by atoms with Gasteiger partial charge in [-0.25, -0.2) is 9.97 Å². The van der Waals surface area contributed by atoms with Gasteiger partial charge >= 0.3 is 0 Å². The van der Waals surface area contributed by atoms with Crippen LogP contribution in [0.4, 0.5) is 0 Å². The molecule has 1 fully saturated rings. The molecule has 3 aromatic rings. The summed E-state index contributed by atoms with van der Waals surface area (Å²) in [4.78, 5) is 16.1. The smallest absolute Gasteiger partial charge is 0.126 e. The van der Waals surface area contributed by atoms with Crippen molar-refractivity contribution in [2.24, 2.45) is 0 Å². The highest BCUT2D eigenvalue weighted by Crippen LogP contribution is 2.42. The third kappa shape index (κ3) is 2.44. The van der Waals surface area contributed by atoms with E-state index in [2.05, 4.69) is 19.4 Å². The number of aryl methyl sites for hydroxylation is 1. The van der Waals surface area contributed by atoms with E-state index >= 15 is 0 Å². The summed E-state index contributed by atoms with van der Waals surface area (Å²) in [5.74, 6) is 0.804. The lowest BCUT2D eigenvalue weighted by molar-refractivity contribution is 0.151. The summed E-state index contributed by atoms with van der Waals surface area (Å²) in [6.07, 6.45) is 6.44. The highest BCUT2D eigenvalue weighted by Gasteiger charge is 2.36. The minimum absolute atomic E-state index is 0.462. The van der Waals surface area contributed by atoms with Crippen LogP contribution in [0.2, 0.25) is 0 Å². The first-order chi connectivity index (χ1) is 12.7. The summed E-state index contributed by atoms with van der Waals surface area (Å²) in [6.45, 7) is 4.70. The first kappa shape index (κ1) is 15.9. The van der Waals surface area contributed by atoms with Crippen LogP contribution in [-0.4, -0.2) is 42.6 Å². The second kappa shape index (κ2) is 6.14. The monoisotopic (exact) mass is 349 g/mol. The lowest BCUT2D eigenvalue weighted by Gasteiger charge is -2.30. The lowest BCUT2D eigenvalue weighted by Crippen LogP contribution is -2.31. The maximum atomic E-state index is 10.8. The van der Waals surface area contributed by atoms with Gasteiger partial charge in [0.25, 0.3) is 0 Å². The van der Waals surface area contributed by atoms with Crippen LogP contribution in [0.15, 0.2) is 30.6 Å². The van der Waals surface area contributed by atoms with E-state index in [9.17, 15) is 5.11 Å². The predicted molar refractivity (Wildman–Crippen MR) is 98.7 cm³/mol. The van der Waals surface area contributed by atoms with E-state index in [0.29, 0.717) is 18.3 Å². The fourth-order valence-corrected chi connectivity index (χ4v) is 4.62. The number of aliphatic hydroxyl groups excluding tert-OH is 1. The van der Waals surface area contributed by atoms with Crippen molar-refractivity contribution in [3.05, 3.63) is 53.4 Å². The summed E-state index contributed by atoms with van der Waals surface area (Å²) in [5.41, 5.74) is 5.48. The number of hydrogen-bond donors (Lipinski definition) is 1. The van der Waals surface area contributed by atoms with Crippen molar-refractivity contribution in [3.8, 4) is 0 Å². The van der Waals surface area contributed by atoms with E-state index in [1.807, 2.05) is 31.3 Å². The highest BCUT2D eigenvalue weighted by molar-refractivity contribution is 5.82. The van der Waals surface area contributed by atoms with Crippen LogP contribution in [0.5, 0.6) is 0 Å². The van der Waals surface area contributed by atoms with Gasteiger partial charge in [0.05, 0.1) is 29.5 Å². The molecule has 0 aromatic carbocycles. The summed E-state index contributed by atoms with van der Waals surface area (Å²) in [5, 5.41) is 10.8. The van der Waals surface area contributed by atoms with Crippen molar-refractivity contribution in [2.45, 2.75) is 44.9 Å². The topological polar surface area (TPSA) is 67.1 Å². The quantitative estimate of drug-likeness (QED) is 0.787. The second-order valence-electron chi connectivity index (χ2n) is 7.34. The van der Waals surface area contributed by atoms with Crippen LogP contribution in [0.1, 0.15) is 47.8 Å². The standard InChI is InChI=1S/C20H23N5O/c1-13-22-11-17-20(23-13)19-15-6-4-9-24(15)10-7-16(19)25(17)12-18(26)14-5-2-3-8-21-14/h2-3,5,8,11,15,18,26H,4,6-7,9-10,12H2,1H3. The molecule has 0 amide bonds. The molecule has 6 nitrogen and oxygen atoms in total. The lowest BCUT2D eigenvalue weighted by atomic mass is 9.98. The largest absolute Gasteiger partial charge is 0.385 e. The number of pyridine rings is 1. The summed E-state index contributed by atoms with van der Waals surface area (Å²) >= 11 is 0. The molecule has 2 aliphatic rings. The van der Waals surface area contributed by atoms with Gasteiger partial charge in [-0.15, -0.1) is 0 Å². The van der Waals surface area contributed by atoms with Crippen molar-refractivity contribution in [3.63, 3.8) is 0 Å². The van der Waals surface area contributed by atoms with Gasteiger partial charge < -0.3 is 9.67 Å². The van der Waals surface area contributed by atoms with Crippen molar-refractivity contribution in [2.75, 3.05) is 13.1 Å². The molecule has 134 valence electrons. The van der Waals surface area contributed by atoms with Gasteiger partial charge in [-0.1, -0.05) is 6.07 Å². The van der Waals surface area contributed by atoms with Gasteiger partial charge in [0.1, 0.15) is 11.9 Å². The average molecular weight is 349 g/mol. The molecule has 2 unspecified atom stereocenters. The van der Waals surface area contributed by atoms with E-state index in [0.717, 1.165) is 29.8 Å². The molecule has 2 aliphatic heterocycles. The Morgan fingerprint density at radius 3 is 3.04 bits per heavy atom. The van der Waals surface area contributed by atoms with Gasteiger partial charge in [-0.3, -0.25) is 9.88 Å². The van der Waals surface area contributed by atoms with E-state index in [1.54, 1.807) is 6.20 Å². The molecule has 0 spiro atoms. The number of nitrogens with zero attached hydrogens (tertiary/aromatic N) is 5. The van der Waals surface area contributed by atoms with E-state index in [4.69, 9.17) is 4.98 Å². The highest BCUT2D eigenvalue weighted by atomic mass is 16.3. The van der Waals surface area contributed by atoms with Crippen molar-refractivity contribution >= 4 is 11.0 Å². The summed E-state index contributed by atoms with van der Waals surface area (Å²) in [6, 6.07) is 6.12. The Balaban J connectivity index is 1.64. The van der Waals surface area contributed by atoms with Crippen molar-refractivity contribution in [1.82, 2.24) is 24.4 Å². The SMILES string of the molecule is Cc1ncc2c(n1)c1c(n2CC(O)c2ccccn2)CCN2CCCC12. The zero-order valence-electron chi connectivity index (χ0n) is 15.0. The molecule has 2 atom stereocenters. The van der Waals surface area contributed by atoms with Gasteiger partial charge in [0.15, 0.2) is 0 Å². The number of rotatable bonds is 3. The molecule has 1 N–H and O–H groups in total. The molecular formula is C20H23N5O. The molecule has 0 saturated carbocycles. The van der Waals surface area contributed by atoms with Crippen LogP contribution in [0.3, 0.4) is 0 Å². The van der Waals surface area contributed by atoms with Crippen LogP contribution in [0, 0.1) is 6.92 Å². The van der Waals surface area contributed by atoms with Crippen LogP contribution < -0.4 is 0 Å². The summed E-state index contributed by atoms with van der Waals surface area (Å²) < 4.78 is 2.24. The molecule has 0 bridgehead atoms. The molecule has 0 aliphatic carbocycles. The van der Waals surface area contributed by atoms with Crippen molar-refractivity contribution in [1.29, 1.82) is 0 Å². The zero-order valence-corrected chi connectivity index (χ0v) is 15.0. The van der Waals surface area contributed by atoms with E-state index in [1.165, 1.54) is 30.6 Å². The minimum Gasteiger partial charge on any atom is -0.385 e. The Morgan fingerprint density at radius 2 is 2.19 bits per heavy atom. The van der Waals surface area contributed by atoms with Crippen LogP contribution in [0.25, 0.3) is 11.0 Å². The van der Waals surface area contributed by atoms with Crippen molar-refractivity contribution < 1.29 is 5.11 Å². The molecule has 0 radical (unpaired) electrons. The van der Waals surface area contributed by atoms with Crippen LogP contribution in [-0.2, 0) is 13.0 Å². The fraction of sp³-hybridized carbons (Fsp3) is 0.450. The van der Waals surface area contributed by atoms with Gasteiger partial charge in [-0.05, 0) is 38.4 Å². The minimum atomic E-state index is -0.640. The third-order valence-corrected chi connectivity index (χ3v) is 5.79. The first-order valence-corrected chi connectivity index (χ1v) is 9.40. The van der Waals surface area contributed by atoms with Crippen LogP contribution >= 0.6 is 0 Å². The number of fused-ring (bicyclic) bond motifs is 5. The van der Waals surface area contributed by atoms with E-state index in [-0.39, 0.29) is 0 Å². The molecular weight excluding hydrogens is 326 g/mol. The first-order valence-electron chi connectivity index (χ1n) is 9.40. The zero-order chi connectivity index (χ0) is 17.7. The molecule has 5 rings (SSSR count). The van der Waals surface area contributed by atoms with Gasteiger partial charge in [0, 0.05) is 36.5 Å². The number of hydrogen-bond acceptors (Lipinski definition) is 5. The predicted octanol–water partition coefficient (Wildman–Crippen LogP) is 2.56. The molecule has 5 heterocycles. The number of aromatic nitrogens is 4. The fourth-order valence-electron chi connectivity index (χ4n) is 4.62. The molecule has 3 aromatic heterocycles. The van der Waals surface area contributed by atoms with Gasteiger partial charge in [-0.2, -0.15) is 0 Å². The Bertz CT molecular complexity index is 952. The summed E-state index contributed by atoms with van der Waals surface area (Å²) in [7, 11) is 0. The Labute approximate surface area is 152 Å². The molecule has 1 saturated heterocycles. The van der Waals surface area contributed by atoms with E-state index < -0.39 is 6.10 Å². The average Bonchev–Trinajstić information content (AvgIpc) is 3.25. The maximum absolute atomic E-state index is 10.8. The Hall–Kier alpha value is -2.31.